The molecule has 228 valence electrons. The molecule has 0 amide bonds. The van der Waals surface area contributed by atoms with E-state index in [0.717, 1.165) is 30.9 Å². The highest BCUT2D eigenvalue weighted by Gasteiger charge is 1.96. The van der Waals surface area contributed by atoms with Crippen LogP contribution in [0.1, 0.15) is 31.2 Å². The molecule has 0 atom stereocenters. The maximum atomic E-state index is 5.65. The maximum absolute atomic E-state index is 5.65. The standard InChI is InChI=1S/C29H51ClO9/c30-10-6-1-2-7-11-31-12-13-32-14-15-33-16-17-34-18-19-35-20-21-36-22-23-37-24-25-38-26-27-39-28-29-8-4-3-5-9-29/h3-5,8-9H,1-2,6-7,10-28H2. The van der Waals surface area contributed by atoms with Crippen molar-refractivity contribution in [3.05, 3.63) is 35.9 Å². The van der Waals surface area contributed by atoms with Gasteiger partial charge in [-0.15, -0.1) is 11.6 Å². The smallest absolute Gasteiger partial charge is 0.0718 e. The van der Waals surface area contributed by atoms with E-state index in [1.807, 2.05) is 30.3 Å². The molecule has 0 aliphatic rings. The number of halogens is 1. The first kappa shape index (κ1) is 36.2. The van der Waals surface area contributed by atoms with Gasteiger partial charge in [0.15, 0.2) is 0 Å². The molecular weight excluding hydrogens is 528 g/mol. The predicted molar refractivity (Wildman–Crippen MR) is 152 cm³/mol. The summed E-state index contributed by atoms with van der Waals surface area (Å²) in [4.78, 5) is 0. The van der Waals surface area contributed by atoms with Crippen molar-refractivity contribution in [1.29, 1.82) is 0 Å². The van der Waals surface area contributed by atoms with E-state index in [4.69, 9.17) is 54.2 Å². The summed E-state index contributed by atoms with van der Waals surface area (Å²) in [6.45, 7) is 10.2. The van der Waals surface area contributed by atoms with Crippen LogP contribution in [-0.2, 0) is 49.2 Å². The lowest BCUT2D eigenvalue weighted by molar-refractivity contribution is -0.0254. The van der Waals surface area contributed by atoms with Crippen molar-refractivity contribution in [1.82, 2.24) is 0 Å². The monoisotopic (exact) mass is 578 g/mol. The molecule has 0 saturated heterocycles. The molecule has 0 aromatic heterocycles. The molecule has 0 heterocycles. The number of alkyl halides is 1. The fourth-order valence-electron chi connectivity index (χ4n) is 3.18. The number of unbranched alkanes of at least 4 members (excludes halogenated alkanes) is 3. The summed E-state index contributed by atoms with van der Waals surface area (Å²) in [6, 6.07) is 10.1. The van der Waals surface area contributed by atoms with E-state index in [1.54, 1.807) is 0 Å². The highest BCUT2D eigenvalue weighted by Crippen LogP contribution is 2.01. The molecule has 0 saturated carbocycles. The van der Waals surface area contributed by atoms with E-state index in [1.165, 1.54) is 12.8 Å². The minimum absolute atomic E-state index is 0.529. The fraction of sp³-hybridized carbons (Fsp3) is 0.793. The van der Waals surface area contributed by atoms with E-state index in [0.29, 0.717) is 112 Å². The van der Waals surface area contributed by atoms with Gasteiger partial charge in [-0.25, -0.2) is 0 Å². The molecule has 0 unspecified atom stereocenters. The third kappa shape index (κ3) is 28.5. The third-order valence-electron chi connectivity index (χ3n) is 5.26. The second kappa shape index (κ2) is 31.7. The second-order valence-corrected chi connectivity index (χ2v) is 8.92. The van der Waals surface area contributed by atoms with Crippen LogP contribution in [0.5, 0.6) is 0 Å². The number of rotatable bonds is 32. The first-order chi connectivity index (χ1) is 19.4. The number of hydrogen-bond acceptors (Lipinski definition) is 9. The molecule has 1 aromatic rings. The van der Waals surface area contributed by atoms with E-state index >= 15 is 0 Å². The van der Waals surface area contributed by atoms with Crippen LogP contribution in [0, 0.1) is 0 Å². The topological polar surface area (TPSA) is 83.1 Å². The van der Waals surface area contributed by atoms with Crippen molar-refractivity contribution < 1.29 is 42.6 Å². The molecule has 0 aliphatic carbocycles. The van der Waals surface area contributed by atoms with Crippen LogP contribution in [0.2, 0.25) is 0 Å². The molecule has 0 bridgehead atoms. The number of ether oxygens (including phenoxy) is 9. The maximum Gasteiger partial charge on any atom is 0.0718 e. The zero-order chi connectivity index (χ0) is 27.7. The van der Waals surface area contributed by atoms with Gasteiger partial charge in [-0.3, -0.25) is 0 Å². The van der Waals surface area contributed by atoms with E-state index in [9.17, 15) is 0 Å². The summed E-state index contributed by atoms with van der Waals surface area (Å²) in [5.74, 6) is 0.747. The van der Waals surface area contributed by atoms with Gasteiger partial charge in [-0.2, -0.15) is 0 Å². The average molecular weight is 579 g/mol. The van der Waals surface area contributed by atoms with E-state index in [-0.39, 0.29) is 0 Å². The van der Waals surface area contributed by atoms with Crippen LogP contribution in [-0.4, -0.2) is 118 Å². The SMILES string of the molecule is ClCCCCCCOCCOCCOCCOCCOCCOCCOCCOCCOCc1ccccc1. The van der Waals surface area contributed by atoms with Gasteiger partial charge >= 0.3 is 0 Å². The van der Waals surface area contributed by atoms with Crippen molar-refractivity contribution in [3.63, 3.8) is 0 Å². The van der Waals surface area contributed by atoms with Gasteiger partial charge in [0.2, 0.25) is 0 Å². The Morgan fingerprint density at radius 3 is 1.08 bits per heavy atom. The van der Waals surface area contributed by atoms with Gasteiger partial charge in [0, 0.05) is 12.5 Å². The van der Waals surface area contributed by atoms with Crippen molar-refractivity contribution in [2.75, 3.05) is 118 Å². The Morgan fingerprint density at radius 1 is 0.359 bits per heavy atom. The first-order valence-electron chi connectivity index (χ1n) is 14.2. The molecule has 1 rings (SSSR count). The number of benzene rings is 1. The summed E-state index contributed by atoms with van der Waals surface area (Å²) in [6.07, 6.45) is 4.52. The van der Waals surface area contributed by atoms with Gasteiger partial charge in [0.05, 0.1) is 112 Å². The van der Waals surface area contributed by atoms with Crippen molar-refractivity contribution in [2.45, 2.75) is 32.3 Å². The minimum atomic E-state index is 0.529. The fourth-order valence-corrected chi connectivity index (χ4v) is 3.36. The molecule has 1 aromatic carbocycles. The van der Waals surface area contributed by atoms with Gasteiger partial charge in [0.25, 0.3) is 0 Å². The molecule has 9 nitrogen and oxygen atoms in total. The van der Waals surface area contributed by atoms with Crippen LogP contribution in [0.4, 0.5) is 0 Å². The Morgan fingerprint density at radius 2 is 0.692 bits per heavy atom. The lowest BCUT2D eigenvalue weighted by atomic mass is 10.2. The summed E-state index contributed by atoms with van der Waals surface area (Å²) < 4.78 is 49.4. The second-order valence-electron chi connectivity index (χ2n) is 8.54. The van der Waals surface area contributed by atoms with Crippen LogP contribution in [0.15, 0.2) is 30.3 Å². The Bertz CT molecular complexity index is 583. The molecule has 0 N–H and O–H groups in total. The highest BCUT2D eigenvalue weighted by molar-refractivity contribution is 6.17. The molecule has 0 aliphatic heterocycles. The van der Waals surface area contributed by atoms with Gasteiger partial charge < -0.3 is 42.6 Å². The van der Waals surface area contributed by atoms with Crippen LogP contribution in [0.25, 0.3) is 0 Å². The quantitative estimate of drug-likeness (QED) is 0.0925. The van der Waals surface area contributed by atoms with Crippen LogP contribution < -0.4 is 0 Å². The third-order valence-corrected chi connectivity index (χ3v) is 5.53. The Hall–Kier alpha value is -0.850. The normalized spacial score (nSPS) is 11.4. The predicted octanol–water partition coefficient (Wildman–Crippen LogP) is 4.14. The molecule has 39 heavy (non-hydrogen) atoms. The lowest BCUT2D eigenvalue weighted by Gasteiger charge is -2.09. The Balaban J connectivity index is 1.62. The Kier molecular flexibility index (Phi) is 29.4. The first-order valence-corrected chi connectivity index (χ1v) is 14.8. The Labute approximate surface area is 240 Å². The zero-order valence-corrected chi connectivity index (χ0v) is 24.5. The van der Waals surface area contributed by atoms with Crippen molar-refractivity contribution >= 4 is 11.6 Å². The van der Waals surface area contributed by atoms with Gasteiger partial charge in [0.1, 0.15) is 0 Å². The van der Waals surface area contributed by atoms with Gasteiger partial charge in [-0.05, 0) is 18.4 Å². The summed E-state index contributed by atoms with van der Waals surface area (Å²) in [5.41, 5.74) is 1.16. The highest BCUT2D eigenvalue weighted by atomic mass is 35.5. The van der Waals surface area contributed by atoms with Crippen molar-refractivity contribution in [2.24, 2.45) is 0 Å². The van der Waals surface area contributed by atoms with Crippen LogP contribution >= 0.6 is 11.6 Å². The van der Waals surface area contributed by atoms with Crippen LogP contribution in [0.3, 0.4) is 0 Å². The van der Waals surface area contributed by atoms with Gasteiger partial charge in [-0.1, -0.05) is 43.2 Å². The molecule has 10 heteroatoms. The summed E-state index contributed by atoms with van der Waals surface area (Å²) >= 11 is 5.65. The van der Waals surface area contributed by atoms with E-state index < -0.39 is 0 Å². The summed E-state index contributed by atoms with van der Waals surface area (Å²) in [5, 5.41) is 0. The zero-order valence-electron chi connectivity index (χ0n) is 23.7. The lowest BCUT2D eigenvalue weighted by Crippen LogP contribution is -2.15. The molecule has 0 spiro atoms. The summed E-state index contributed by atoms with van der Waals surface area (Å²) in [7, 11) is 0. The average Bonchev–Trinajstić information content (AvgIpc) is 2.96. The molecule has 0 fully saturated rings. The molecular formula is C29H51ClO9. The largest absolute Gasteiger partial charge is 0.379 e. The number of hydrogen-bond donors (Lipinski definition) is 0. The molecule has 0 radical (unpaired) electrons. The van der Waals surface area contributed by atoms with E-state index in [2.05, 4.69) is 0 Å². The minimum Gasteiger partial charge on any atom is -0.379 e. The van der Waals surface area contributed by atoms with Crippen molar-refractivity contribution in [3.8, 4) is 0 Å².